The zero-order chi connectivity index (χ0) is 17.1. The van der Waals surface area contributed by atoms with Gasteiger partial charge in [0.1, 0.15) is 6.29 Å². The first kappa shape index (κ1) is 16.8. The molecular weight excluding hydrogens is 300 g/mol. The average molecular weight is 332 g/mol. The molecule has 4 aliphatic rings. The van der Waals surface area contributed by atoms with E-state index in [0.717, 1.165) is 51.2 Å². The maximum Gasteiger partial charge on any atom is 0.142 e. The van der Waals surface area contributed by atoms with Crippen molar-refractivity contribution in [2.24, 2.45) is 34.5 Å². The van der Waals surface area contributed by atoms with Crippen LogP contribution in [0.1, 0.15) is 65.2 Å². The first-order valence-electron chi connectivity index (χ1n) is 9.89. The number of carbonyl (C=O) groups excluding carboxylic acids is 1. The molecule has 0 aliphatic heterocycles. The quantitative estimate of drug-likeness (QED) is 0.571. The van der Waals surface area contributed by atoms with E-state index in [2.05, 4.69) is 13.8 Å². The van der Waals surface area contributed by atoms with Gasteiger partial charge in [-0.3, -0.25) is 4.79 Å². The molecule has 0 aromatic carbocycles. The molecule has 4 saturated carbocycles. The first-order valence-corrected chi connectivity index (χ1v) is 9.89. The molecule has 0 heterocycles. The minimum Gasteiger partial charge on any atom is -0.393 e. The van der Waals surface area contributed by atoms with E-state index in [1.807, 2.05) is 0 Å². The summed E-state index contributed by atoms with van der Waals surface area (Å²) in [7, 11) is 0. The lowest BCUT2D eigenvalue weighted by Gasteiger charge is -2.61. The minimum absolute atomic E-state index is 0.0708. The number of hydrogen-bond donors (Lipinski definition) is 2. The Morgan fingerprint density at radius 1 is 1.00 bits per heavy atom. The Bertz CT molecular complexity index is 555. The lowest BCUT2D eigenvalue weighted by Crippen LogP contribution is -2.57. The fourth-order valence-electron chi connectivity index (χ4n) is 7.37. The van der Waals surface area contributed by atoms with E-state index in [0.29, 0.717) is 23.7 Å². The van der Waals surface area contributed by atoms with Crippen LogP contribution < -0.4 is 0 Å². The fraction of sp³-hybridized carbons (Fsp3) is 0.857. The Balaban J connectivity index is 1.64. The van der Waals surface area contributed by atoms with Crippen molar-refractivity contribution in [1.29, 1.82) is 0 Å². The highest BCUT2D eigenvalue weighted by Crippen LogP contribution is 2.66. The van der Waals surface area contributed by atoms with Crippen molar-refractivity contribution >= 4 is 6.29 Å². The zero-order valence-corrected chi connectivity index (χ0v) is 15.1. The number of rotatable bonds is 1. The summed E-state index contributed by atoms with van der Waals surface area (Å²) in [5, 5.41) is 21.5. The van der Waals surface area contributed by atoms with Crippen LogP contribution in [0.3, 0.4) is 0 Å². The first-order chi connectivity index (χ1) is 11.4. The average Bonchev–Trinajstić information content (AvgIpc) is 2.85. The Hall–Kier alpha value is -0.670. The summed E-state index contributed by atoms with van der Waals surface area (Å²) in [5.41, 5.74) is 1.49. The molecule has 4 rings (SSSR count). The van der Waals surface area contributed by atoms with Gasteiger partial charge in [-0.25, -0.2) is 0 Å². The van der Waals surface area contributed by atoms with Crippen LogP contribution in [0, 0.1) is 34.5 Å². The Morgan fingerprint density at radius 2 is 1.75 bits per heavy atom. The molecule has 3 heteroatoms. The number of hydrogen-bond acceptors (Lipinski definition) is 3. The molecule has 3 nitrogen and oxygen atoms in total. The van der Waals surface area contributed by atoms with Crippen LogP contribution in [0.15, 0.2) is 11.6 Å². The molecule has 8 atom stereocenters. The van der Waals surface area contributed by atoms with Gasteiger partial charge in [-0.15, -0.1) is 0 Å². The van der Waals surface area contributed by atoms with Crippen LogP contribution in [-0.4, -0.2) is 28.7 Å². The van der Waals surface area contributed by atoms with Crippen molar-refractivity contribution in [3.05, 3.63) is 11.6 Å². The van der Waals surface area contributed by atoms with E-state index in [-0.39, 0.29) is 23.0 Å². The van der Waals surface area contributed by atoms with Gasteiger partial charge in [0.25, 0.3) is 0 Å². The molecule has 0 saturated heterocycles. The van der Waals surface area contributed by atoms with Gasteiger partial charge < -0.3 is 10.2 Å². The monoisotopic (exact) mass is 332 g/mol. The molecule has 0 aromatic heterocycles. The van der Waals surface area contributed by atoms with E-state index in [9.17, 15) is 15.0 Å². The van der Waals surface area contributed by atoms with Crippen LogP contribution in [0.25, 0.3) is 0 Å². The summed E-state index contributed by atoms with van der Waals surface area (Å²) >= 11 is 0. The molecule has 3 unspecified atom stereocenters. The third-order valence-electron chi connectivity index (χ3n) is 8.83. The molecule has 0 aromatic rings. The second-order valence-corrected chi connectivity index (χ2v) is 9.59. The summed E-state index contributed by atoms with van der Waals surface area (Å²) in [6, 6.07) is 0. The maximum absolute atomic E-state index is 11.0. The Labute approximate surface area is 145 Å². The second kappa shape index (κ2) is 5.67. The van der Waals surface area contributed by atoms with Gasteiger partial charge >= 0.3 is 0 Å². The standard InChI is InChI=1S/C21H32O3/c1-20-8-5-13(7-10-22)11-17(20)18(23)12-14-15-3-4-19(24)21(15,2)9-6-16(14)20/h7,10,14-19,23-24H,3-6,8-9,11-12H2,1-2H3/b13-7-/t14-,15-,16+,17?,18?,19?,20+,21-/m0/s1. The molecule has 0 bridgehead atoms. The number of fused-ring (bicyclic) bond motifs is 5. The lowest BCUT2D eigenvalue weighted by atomic mass is 9.44. The number of aldehydes is 1. The third kappa shape index (κ3) is 2.20. The SMILES string of the molecule is C[C@]12CC/C(=C/C=O)CC1C(O)C[C@@H]1[C@H]2CC[C@]2(C)C(O)CC[C@@H]12. The topological polar surface area (TPSA) is 57.5 Å². The van der Waals surface area contributed by atoms with Crippen LogP contribution >= 0.6 is 0 Å². The van der Waals surface area contributed by atoms with Gasteiger partial charge in [0, 0.05) is 0 Å². The molecule has 4 aliphatic carbocycles. The van der Waals surface area contributed by atoms with Crippen molar-refractivity contribution in [2.45, 2.75) is 77.4 Å². The summed E-state index contributed by atoms with van der Waals surface area (Å²) in [4.78, 5) is 10.9. The number of allylic oxidation sites excluding steroid dienone is 2. The zero-order valence-electron chi connectivity index (χ0n) is 15.1. The van der Waals surface area contributed by atoms with E-state index < -0.39 is 0 Å². The molecule has 2 N–H and O–H groups in total. The molecule has 134 valence electrons. The van der Waals surface area contributed by atoms with Crippen LogP contribution in [0.4, 0.5) is 0 Å². The van der Waals surface area contributed by atoms with Gasteiger partial charge in [0.05, 0.1) is 12.2 Å². The minimum atomic E-state index is -0.258. The fourth-order valence-corrected chi connectivity index (χ4v) is 7.37. The summed E-state index contributed by atoms with van der Waals surface area (Å²) < 4.78 is 0. The molecule has 0 radical (unpaired) electrons. The normalized spacial score (nSPS) is 55.6. The maximum atomic E-state index is 11.0. The lowest BCUT2D eigenvalue weighted by molar-refractivity contribution is -0.156. The van der Waals surface area contributed by atoms with E-state index in [1.54, 1.807) is 6.08 Å². The highest BCUT2D eigenvalue weighted by Gasteiger charge is 2.61. The summed E-state index contributed by atoms with van der Waals surface area (Å²) in [5.74, 6) is 2.11. The largest absolute Gasteiger partial charge is 0.393 e. The highest BCUT2D eigenvalue weighted by molar-refractivity contribution is 5.66. The highest BCUT2D eigenvalue weighted by atomic mass is 16.3. The van der Waals surface area contributed by atoms with Crippen molar-refractivity contribution < 1.29 is 15.0 Å². The van der Waals surface area contributed by atoms with E-state index >= 15 is 0 Å². The van der Waals surface area contributed by atoms with Gasteiger partial charge in [-0.05, 0) is 91.9 Å². The predicted octanol–water partition coefficient (Wildman–Crippen LogP) is 3.49. The summed E-state index contributed by atoms with van der Waals surface area (Å²) in [6.45, 7) is 4.70. The predicted molar refractivity (Wildman–Crippen MR) is 93.3 cm³/mol. The number of aliphatic hydroxyl groups is 2. The molecule has 0 amide bonds. The molecule has 4 fully saturated rings. The van der Waals surface area contributed by atoms with Gasteiger partial charge in [-0.2, -0.15) is 0 Å². The van der Waals surface area contributed by atoms with Crippen LogP contribution in [0.2, 0.25) is 0 Å². The second-order valence-electron chi connectivity index (χ2n) is 9.59. The van der Waals surface area contributed by atoms with Crippen molar-refractivity contribution in [1.82, 2.24) is 0 Å². The molecule has 24 heavy (non-hydrogen) atoms. The Kier molecular flexibility index (Phi) is 3.96. The summed E-state index contributed by atoms with van der Waals surface area (Å²) in [6.07, 6.45) is 10.5. The van der Waals surface area contributed by atoms with Gasteiger partial charge in [-0.1, -0.05) is 19.4 Å². The number of carbonyl (C=O) groups is 1. The van der Waals surface area contributed by atoms with Crippen LogP contribution in [0.5, 0.6) is 0 Å². The van der Waals surface area contributed by atoms with Gasteiger partial charge in [0.2, 0.25) is 0 Å². The van der Waals surface area contributed by atoms with E-state index in [4.69, 9.17) is 0 Å². The van der Waals surface area contributed by atoms with Gasteiger partial charge in [0.15, 0.2) is 0 Å². The Morgan fingerprint density at radius 3 is 2.50 bits per heavy atom. The molecular formula is C21H32O3. The smallest absolute Gasteiger partial charge is 0.142 e. The number of aliphatic hydroxyl groups excluding tert-OH is 2. The van der Waals surface area contributed by atoms with Crippen LogP contribution in [-0.2, 0) is 4.79 Å². The van der Waals surface area contributed by atoms with Crippen molar-refractivity contribution in [3.8, 4) is 0 Å². The molecule has 0 spiro atoms. The van der Waals surface area contributed by atoms with E-state index in [1.165, 1.54) is 12.0 Å². The van der Waals surface area contributed by atoms with Crippen molar-refractivity contribution in [2.75, 3.05) is 0 Å². The third-order valence-corrected chi connectivity index (χ3v) is 8.83. The van der Waals surface area contributed by atoms with Crippen molar-refractivity contribution in [3.63, 3.8) is 0 Å².